The minimum atomic E-state index is -0.879. The molecule has 0 aromatic heterocycles. The lowest BCUT2D eigenvalue weighted by atomic mass is 9.47. The summed E-state index contributed by atoms with van der Waals surface area (Å²) in [6.45, 7) is 5.62. The average molecular weight is 267 g/mol. The van der Waals surface area contributed by atoms with Crippen LogP contribution in [0.1, 0.15) is 52.9 Å². The zero-order valence-electron chi connectivity index (χ0n) is 12.1. The first-order valence-electron chi connectivity index (χ1n) is 7.37. The van der Waals surface area contributed by atoms with Crippen molar-refractivity contribution in [1.29, 1.82) is 0 Å². The van der Waals surface area contributed by atoms with Gasteiger partial charge in [0.25, 0.3) is 0 Å². The quantitative estimate of drug-likeness (QED) is 0.708. The zero-order valence-corrected chi connectivity index (χ0v) is 12.1. The van der Waals surface area contributed by atoms with Crippen LogP contribution in [0.2, 0.25) is 0 Å². The van der Waals surface area contributed by atoms with Gasteiger partial charge in [-0.15, -0.1) is 0 Å². The van der Waals surface area contributed by atoms with E-state index in [1.54, 1.807) is 0 Å². The molecule has 4 heteroatoms. The Morgan fingerprint density at radius 2 is 1.74 bits per heavy atom. The summed E-state index contributed by atoms with van der Waals surface area (Å²) in [7, 11) is 0. The van der Waals surface area contributed by atoms with Gasteiger partial charge in [0.15, 0.2) is 0 Å². The Kier molecular flexibility index (Phi) is 2.63. The van der Waals surface area contributed by atoms with Gasteiger partial charge in [-0.3, -0.25) is 4.79 Å². The fraction of sp³-hybridized carbons (Fsp3) is 0.933. The Morgan fingerprint density at radius 1 is 1.21 bits per heavy atom. The topological polar surface area (TPSA) is 72.5 Å². The van der Waals surface area contributed by atoms with Crippen molar-refractivity contribution in [3.63, 3.8) is 0 Å². The second kappa shape index (κ2) is 3.73. The number of carbonyl (C=O) groups excluding carboxylic acids is 1. The van der Waals surface area contributed by atoms with Crippen molar-refractivity contribution in [1.82, 2.24) is 0 Å². The maximum Gasteiger partial charge on any atom is 0.327 e. The van der Waals surface area contributed by atoms with Crippen LogP contribution in [0.4, 0.5) is 0 Å². The van der Waals surface area contributed by atoms with E-state index in [4.69, 9.17) is 10.5 Å². The molecule has 4 nitrogen and oxygen atoms in total. The van der Waals surface area contributed by atoms with Crippen molar-refractivity contribution in [3.05, 3.63) is 0 Å². The lowest BCUT2D eigenvalue weighted by Gasteiger charge is -2.61. The summed E-state index contributed by atoms with van der Waals surface area (Å²) in [5, 5.41) is 10.5. The number of nitrogens with two attached hydrogens (primary N) is 1. The molecule has 2 atom stereocenters. The van der Waals surface area contributed by atoms with Crippen LogP contribution in [-0.4, -0.2) is 27.8 Å². The van der Waals surface area contributed by atoms with Gasteiger partial charge in [-0.1, -0.05) is 0 Å². The number of esters is 1. The summed E-state index contributed by atoms with van der Waals surface area (Å²) in [4.78, 5) is 12.5. The summed E-state index contributed by atoms with van der Waals surface area (Å²) >= 11 is 0. The summed E-state index contributed by atoms with van der Waals surface area (Å²) in [5.41, 5.74) is 4.56. The van der Waals surface area contributed by atoms with Gasteiger partial charge in [-0.25, -0.2) is 0 Å². The number of aliphatic hydroxyl groups is 1. The smallest absolute Gasteiger partial charge is 0.327 e. The number of carbonyl (C=O) groups is 1. The molecule has 3 N–H and O–H groups in total. The molecule has 4 fully saturated rings. The maximum absolute atomic E-state index is 12.5. The van der Waals surface area contributed by atoms with E-state index in [2.05, 4.69) is 0 Å². The SMILES string of the molecule is CC(C)(C)OC(=O)C1(N)C2CC3CC1CC(O)(C3)C2. The number of hydrogen-bond donors (Lipinski definition) is 2. The van der Waals surface area contributed by atoms with Crippen LogP contribution < -0.4 is 5.73 Å². The van der Waals surface area contributed by atoms with Crippen LogP contribution in [0.25, 0.3) is 0 Å². The van der Waals surface area contributed by atoms with Crippen LogP contribution in [-0.2, 0) is 9.53 Å². The Bertz CT molecular complexity index is 396. The molecule has 4 aliphatic carbocycles. The average Bonchev–Trinajstić information content (AvgIpc) is 2.20. The van der Waals surface area contributed by atoms with E-state index in [0.29, 0.717) is 18.8 Å². The van der Waals surface area contributed by atoms with Crippen molar-refractivity contribution in [2.45, 2.75) is 69.6 Å². The van der Waals surface area contributed by atoms with Gasteiger partial charge in [-0.2, -0.15) is 0 Å². The molecule has 4 aliphatic rings. The molecule has 0 amide bonds. The summed E-state index contributed by atoms with van der Waals surface area (Å²) in [6, 6.07) is 0. The molecule has 0 radical (unpaired) electrons. The van der Waals surface area contributed by atoms with Crippen LogP contribution in [0, 0.1) is 17.8 Å². The number of hydrogen-bond acceptors (Lipinski definition) is 4. The third-order valence-electron chi connectivity index (χ3n) is 5.26. The van der Waals surface area contributed by atoms with Crippen molar-refractivity contribution in [3.8, 4) is 0 Å². The number of ether oxygens (including phenoxy) is 1. The van der Waals surface area contributed by atoms with E-state index in [1.165, 1.54) is 0 Å². The van der Waals surface area contributed by atoms with Crippen molar-refractivity contribution in [2.24, 2.45) is 23.5 Å². The fourth-order valence-electron chi connectivity index (χ4n) is 4.70. The van der Waals surface area contributed by atoms with Crippen molar-refractivity contribution >= 4 is 5.97 Å². The predicted molar refractivity (Wildman–Crippen MR) is 71.3 cm³/mol. The van der Waals surface area contributed by atoms with Gasteiger partial charge in [0, 0.05) is 0 Å². The largest absolute Gasteiger partial charge is 0.459 e. The van der Waals surface area contributed by atoms with Crippen LogP contribution in [0.5, 0.6) is 0 Å². The second-order valence-electron chi connectivity index (χ2n) is 8.00. The summed E-state index contributed by atoms with van der Waals surface area (Å²) in [5.74, 6) is 0.441. The predicted octanol–water partition coefficient (Wildman–Crippen LogP) is 1.60. The molecule has 108 valence electrons. The van der Waals surface area contributed by atoms with Gasteiger partial charge in [0.1, 0.15) is 11.1 Å². The maximum atomic E-state index is 12.5. The first-order valence-corrected chi connectivity index (χ1v) is 7.37. The van der Waals surface area contributed by atoms with E-state index in [1.807, 2.05) is 20.8 Å². The van der Waals surface area contributed by atoms with Gasteiger partial charge in [0.2, 0.25) is 0 Å². The Morgan fingerprint density at radius 3 is 2.16 bits per heavy atom. The second-order valence-corrected chi connectivity index (χ2v) is 8.00. The third kappa shape index (κ3) is 2.00. The van der Waals surface area contributed by atoms with Gasteiger partial charge in [0.05, 0.1) is 5.60 Å². The number of rotatable bonds is 1. The molecule has 0 aromatic carbocycles. The molecule has 0 aliphatic heterocycles. The van der Waals surface area contributed by atoms with E-state index in [-0.39, 0.29) is 17.8 Å². The minimum absolute atomic E-state index is 0.0820. The Balaban J connectivity index is 1.87. The highest BCUT2D eigenvalue weighted by molar-refractivity contribution is 5.82. The van der Waals surface area contributed by atoms with Gasteiger partial charge in [-0.05, 0) is 70.6 Å². The molecule has 0 saturated heterocycles. The summed E-state index contributed by atoms with van der Waals surface area (Å²) in [6.07, 6.45) is 4.15. The molecule has 4 rings (SSSR count). The molecule has 0 aromatic rings. The van der Waals surface area contributed by atoms with E-state index in [9.17, 15) is 9.90 Å². The molecule has 4 bridgehead atoms. The van der Waals surface area contributed by atoms with E-state index >= 15 is 0 Å². The fourth-order valence-corrected chi connectivity index (χ4v) is 4.70. The lowest BCUT2D eigenvalue weighted by molar-refractivity contribution is -0.195. The summed E-state index contributed by atoms with van der Waals surface area (Å²) < 4.78 is 5.55. The monoisotopic (exact) mass is 267 g/mol. The zero-order chi connectivity index (χ0) is 14.1. The van der Waals surface area contributed by atoms with Gasteiger partial charge >= 0.3 is 5.97 Å². The molecule has 0 heterocycles. The molecule has 2 unspecified atom stereocenters. The van der Waals surface area contributed by atoms with E-state index in [0.717, 1.165) is 19.3 Å². The minimum Gasteiger partial charge on any atom is -0.459 e. The third-order valence-corrected chi connectivity index (χ3v) is 5.26. The normalized spacial score (nSPS) is 48.4. The molecule has 0 spiro atoms. The van der Waals surface area contributed by atoms with Gasteiger partial charge < -0.3 is 15.6 Å². The van der Waals surface area contributed by atoms with Crippen LogP contribution in [0.15, 0.2) is 0 Å². The molecular formula is C15H25NO3. The van der Waals surface area contributed by atoms with Crippen LogP contribution in [0.3, 0.4) is 0 Å². The van der Waals surface area contributed by atoms with Crippen molar-refractivity contribution < 1.29 is 14.6 Å². The molecular weight excluding hydrogens is 242 g/mol. The highest BCUT2D eigenvalue weighted by Gasteiger charge is 2.64. The lowest BCUT2D eigenvalue weighted by Crippen LogP contribution is -2.71. The molecule has 19 heavy (non-hydrogen) atoms. The Labute approximate surface area is 114 Å². The first kappa shape index (κ1) is 13.4. The Hall–Kier alpha value is -0.610. The highest BCUT2D eigenvalue weighted by atomic mass is 16.6. The van der Waals surface area contributed by atoms with Crippen molar-refractivity contribution in [2.75, 3.05) is 0 Å². The first-order chi connectivity index (χ1) is 8.62. The van der Waals surface area contributed by atoms with E-state index < -0.39 is 16.7 Å². The molecule has 4 saturated carbocycles. The standard InChI is InChI=1S/C15H25NO3/c1-13(2,3)19-12(17)15(16)10-4-9-5-11(15)8-14(18,6-9)7-10/h9-11,18H,4-8,16H2,1-3H3. The van der Waals surface area contributed by atoms with Crippen LogP contribution >= 0.6 is 0 Å². The highest BCUT2D eigenvalue weighted by Crippen LogP contribution is 2.59.